The fourth-order valence-electron chi connectivity index (χ4n) is 4.14. The lowest BCUT2D eigenvalue weighted by Gasteiger charge is -2.38. The van der Waals surface area contributed by atoms with E-state index in [1.807, 2.05) is 12.1 Å². The van der Waals surface area contributed by atoms with Gasteiger partial charge >= 0.3 is 5.97 Å². The van der Waals surface area contributed by atoms with E-state index in [1.165, 1.54) is 16.8 Å². The maximum absolute atomic E-state index is 11.1. The van der Waals surface area contributed by atoms with Crippen LogP contribution in [-0.2, 0) is 0 Å². The maximum Gasteiger partial charge on any atom is 0.335 e. The van der Waals surface area contributed by atoms with Gasteiger partial charge in [-0.05, 0) is 53.1 Å². The summed E-state index contributed by atoms with van der Waals surface area (Å²) in [6, 6.07) is 14.3. The molecule has 0 saturated carbocycles. The van der Waals surface area contributed by atoms with Gasteiger partial charge in [-0.1, -0.05) is 50.3 Å². The lowest BCUT2D eigenvalue weighted by molar-refractivity contribution is 0.0697. The van der Waals surface area contributed by atoms with Gasteiger partial charge in [0.2, 0.25) is 0 Å². The van der Waals surface area contributed by atoms with Crippen molar-refractivity contribution >= 4 is 11.7 Å². The molecular formula is C22H23NO2. The summed E-state index contributed by atoms with van der Waals surface area (Å²) in [5.41, 5.74) is 5.46. The molecule has 1 heterocycles. The second-order valence-corrected chi connectivity index (χ2v) is 7.40. The van der Waals surface area contributed by atoms with E-state index in [9.17, 15) is 4.79 Å². The van der Waals surface area contributed by atoms with Crippen LogP contribution in [0.5, 0.6) is 0 Å². The first-order valence-corrected chi connectivity index (χ1v) is 8.95. The van der Waals surface area contributed by atoms with E-state index < -0.39 is 5.97 Å². The summed E-state index contributed by atoms with van der Waals surface area (Å²) in [6.07, 6.45) is 5.67. The minimum absolute atomic E-state index is 0.209. The first-order valence-electron chi connectivity index (χ1n) is 8.95. The first-order chi connectivity index (χ1) is 12.0. The number of carbonyl (C=O) groups is 1. The summed E-state index contributed by atoms with van der Waals surface area (Å²) >= 11 is 0. The molecule has 3 nitrogen and oxygen atoms in total. The molecule has 2 aromatic rings. The number of rotatable bonds is 3. The van der Waals surface area contributed by atoms with Crippen LogP contribution in [0.25, 0.3) is 0 Å². The van der Waals surface area contributed by atoms with Crippen LogP contribution >= 0.6 is 0 Å². The van der Waals surface area contributed by atoms with E-state index >= 15 is 0 Å². The van der Waals surface area contributed by atoms with E-state index in [-0.39, 0.29) is 6.04 Å². The van der Waals surface area contributed by atoms with E-state index in [0.717, 1.165) is 12.0 Å². The Morgan fingerprint density at radius 3 is 2.60 bits per heavy atom. The largest absolute Gasteiger partial charge is 0.478 e. The SMILES string of the molecule is CC(C)c1ccc2c(c1)[C@@H]1C=CC[C@H]1[C@H](c1ccc(C(=O)O)cc1)N2. The Kier molecular flexibility index (Phi) is 3.87. The summed E-state index contributed by atoms with van der Waals surface area (Å²) < 4.78 is 0. The van der Waals surface area contributed by atoms with Crippen molar-refractivity contribution in [2.45, 2.75) is 38.1 Å². The quantitative estimate of drug-likeness (QED) is 0.746. The molecule has 2 aromatic carbocycles. The molecule has 3 atom stereocenters. The number of nitrogens with one attached hydrogen (secondary N) is 1. The molecule has 0 fully saturated rings. The van der Waals surface area contributed by atoms with Crippen LogP contribution < -0.4 is 5.32 Å². The average molecular weight is 333 g/mol. The predicted molar refractivity (Wildman–Crippen MR) is 100 cm³/mol. The molecule has 1 aliphatic heterocycles. The van der Waals surface area contributed by atoms with E-state index in [1.54, 1.807) is 12.1 Å². The summed E-state index contributed by atoms with van der Waals surface area (Å²) in [7, 11) is 0. The number of allylic oxidation sites excluding steroid dienone is 2. The van der Waals surface area contributed by atoms with Gasteiger partial charge in [-0.25, -0.2) is 4.79 Å². The highest BCUT2D eigenvalue weighted by molar-refractivity contribution is 5.87. The fourth-order valence-corrected chi connectivity index (χ4v) is 4.14. The van der Waals surface area contributed by atoms with Crippen LogP contribution in [0.2, 0.25) is 0 Å². The average Bonchev–Trinajstić information content (AvgIpc) is 3.10. The summed E-state index contributed by atoms with van der Waals surface area (Å²) in [4.78, 5) is 11.1. The van der Waals surface area contributed by atoms with Crippen molar-refractivity contribution < 1.29 is 9.90 Å². The van der Waals surface area contributed by atoms with Gasteiger partial charge in [0.05, 0.1) is 11.6 Å². The Balaban J connectivity index is 1.71. The number of aromatic carboxylic acids is 1. The van der Waals surface area contributed by atoms with Crippen molar-refractivity contribution in [3.05, 3.63) is 76.9 Å². The second-order valence-electron chi connectivity index (χ2n) is 7.40. The number of carboxylic acid groups (broad SMARTS) is 1. The van der Waals surface area contributed by atoms with Gasteiger partial charge in [-0.15, -0.1) is 0 Å². The standard InChI is InChI=1S/C22H23NO2/c1-13(2)16-10-11-20-19(12-16)17-4-3-5-18(17)21(23-20)14-6-8-15(9-7-14)22(24)25/h3-4,6-13,17-18,21,23H,5H2,1-2H3,(H,24,25)/t17-,18-,21+/m1/s1. The van der Waals surface area contributed by atoms with Crippen molar-refractivity contribution in [3.63, 3.8) is 0 Å². The van der Waals surface area contributed by atoms with Crippen molar-refractivity contribution in [2.24, 2.45) is 5.92 Å². The van der Waals surface area contributed by atoms with E-state index in [4.69, 9.17) is 5.11 Å². The van der Waals surface area contributed by atoms with Crippen LogP contribution in [-0.4, -0.2) is 11.1 Å². The molecule has 0 aromatic heterocycles. The zero-order valence-corrected chi connectivity index (χ0v) is 14.6. The second kappa shape index (κ2) is 6.07. The van der Waals surface area contributed by atoms with Gasteiger partial charge < -0.3 is 10.4 Å². The van der Waals surface area contributed by atoms with Gasteiger partial charge in [-0.2, -0.15) is 0 Å². The Labute approximate surface area is 148 Å². The molecule has 0 bridgehead atoms. The molecule has 4 rings (SSSR count). The van der Waals surface area contributed by atoms with Gasteiger partial charge in [0, 0.05) is 11.6 Å². The Hall–Kier alpha value is -2.55. The number of hydrogen-bond donors (Lipinski definition) is 2. The van der Waals surface area contributed by atoms with Gasteiger partial charge in [0.25, 0.3) is 0 Å². The fraction of sp³-hybridized carbons (Fsp3) is 0.318. The van der Waals surface area contributed by atoms with Crippen molar-refractivity contribution in [1.82, 2.24) is 0 Å². The molecule has 0 spiro atoms. The Morgan fingerprint density at radius 2 is 1.92 bits per heavy atom. The van der Waals surface area contributed by atoms with Crippen molar-refractivity contribution in [1.29, 1.82) is 0 Å². The minimum atomic E-state index is -0.880. The van der Waals surface area contributed by atoms with Crippen LogP contribution in [0, 0.1) is 5.92 Å². The zero-order chi connectivity index (χ0) is 17.6. The molecule has 0 radical (unpaired) electrons. The lowest BCUT2D eigenvalue weighted by atomic mass is 9.76. The minimum Gasteiger partial charge on any atom is -0.478 e. The molecule has 2 N–H and O–H groups in total. The van der Waals surface area contributed by atoms with Gasteiger partial charge in [-0.3, -0.25) is 0 Å². The molecule has 3 heteroatoms. The number of carboxylic acids is 1. The molecular weight excluding hydrogens is 310 g/mol. The maximum atomic E-state index is 11.1. The Morgan fingerprint density at radius 1 is 1.16 bits per heavy atom. The van der Waals surface area contributed by atoms with E-state index in [2.05, 4.69) is 49.5 Å². The predicted octanol–water partition coefficient (Wildman–Crippen LogP) is 5.33. The third kappa shape index (κ3) is 2.74. The summed E-state index contributed by atoms with van der Waals surface area (Å²) in [5.74, 6) is 0.551. The molecule has 128 valence electrons. The Bertz CT molecular complexity index is 836. The monoisotopic (exact) mass is 333 g/mol. The third-order valence-electron chi connectivity index (χ3n) is 5.57. The zero-order valence-electron chi connectivity index (χ0n) is 14.6. The highest BCUT2D eigenvalue weighted by Gasteiger charge is 2.37. The first kappa shape index (κ1) is 15.9. The van der Waals surface area contributed by atoms with Crippen molar-refractivity contribution in [2.75, 3.05) is 5.32 Å². The van der Waals surface area contributed by atoms with Crippen LogP contribution in [0.3, 0.4) is 0 Å². The molecule has 0 unspecified atom stereocenters. The highest BCUT2D eigenvalue weighted by Crippen LogP contribution is 2.50. The molecule has 1 aliphatic carbocycles. The van der Waals surface area contributed by atoms with Crippen LogP contribution in [0.1, 0.15) is 65.2 Å². The van der Waals surface area contributed by atoms with Crippen LogP contribution in [0.15, 0.2) is 54.6 Å². The summed E-state index contributed by atoms with van der Waals surface area (Å²) in [5, 5.41) is 12.8. The third-order valence-corrected chi connectivity index (χ3v) is 5.57. The van der Waals surface area contributed by atoms with Gasteiger partial charge in [0.15, 0.2) is 0 Å². The van der Waals surface area contributed by atoms with Crippen molar-refractivity contribution in [3.8, 4) is 0 Å². The number of benzene rings is 2. The topological polar surface area (TPSA) is 49.3 Å². The smallest absolute Gasteiger partial charge is 0.335 e. The normalized spacial score (nSPS) is 23.9. The van der Waals surface area contributed by atoms with E-state index in [0.29, 0.717) is 23.3 Å². The number of fused-ring (bicyclic) bond motifs is 3. The van der Waals surface area contributed by atoms with Crippen LogP contribution in [0.4, 0.5) is 5.69 Å². The highest BCUT2D eigenvalue weighted by atomic mass is 16.4. The summed E-state index contributed by atoms with van der Waals surface area (Å²) in [6.45, 7) is 4.46. The molecule has 25 heavy (non-hydrogen) atoms. The molecule has 0 amide bonds. The molecule has 2 aliphatic rings. The lowest BCUT2D eigenvalue weighted by Crippen LogP contribution is -2.29. The molecule has 0 saturated heterocycles. The number of hydrogen-bond acceptors (Lipinski definition) is 2. The van der Waals surface area contributed by atoms with Gasteiger partial charge in [0.1, 0.15) is 0 Å². The number of anilines is 1.